The lowest BCUT2D eigenvalue weighted by atomic mass is 9.98. The maximum absolute atomic E-state index is 13.7. The molecule has 0 amide bonds. The summed E-state index contributed by atoms with van der Waals surface area (Å²) in [7, 11) is 3.02. The highest BCUT2D eigenvalue weighted by atomic mass is 19.1. The van der Waals surface area contributed by atoms with Gasteiger partial charge < -0.3 is 15.2 Å². The van der Waals surface area contributed by atoms with Crippen LogP contribution in [0.15, 0.2) is 36.4 Å². The molecule has 5 heteroatoms. The summed E-state index contributed by atoms with van der Waals surface area (Å²) in [6.07, 6.45) is 0.0298. The normalized spacial score (nSPS) is 12.0. The number of para-hydroxylation sites is 1. The number of ether oxygens (including phenoxy) is 2. The zero-order valence-corrected chi connectivity index (χ0v) is 11.9. The number of methoxy groups -OCH3 is 2. The lowest BCUT2D eigenvalue weighted by molar-refractivity contribution is 0.349. The maximum Gasteiger partial charge on any atom is 0.165 e. The minimum absolute atomic E-state index is 0.0298. The van der Waals surface area contributed by atoms with Crippen molar-refractivity contribution in [3.63, 3.8) is 0 Å². The Balaban J connectivity index is 2.35. The van der Waals surface area contributed by atoms with Crippen LogP contribution in [0.25, 0.3) is 0 Å². The highest BCUT2D eigenvalue weighted by molar-refractivity contribution is 5.48. The van der Waals surface area contributed by atoms with E-state index in [0.29, 0.717) is 17.1 Å². The smallest absolute Gasteiger partial charge is 0.165 e. The fourth-order valence-electron chi connectivity index (χ4n) is 2.26. The van der Waals surface area contributed by atoms with E-state index in [9.17, 15) is 8.78 Å². The Hall–Kier alpha value is -2.14. The molecule has 1 atom stereocenters. The van der Waals surface area contributed by atoms with Crippen LogP contribution in [0.5, 0.6) is 11.5 Å². The molecule has 0 spiro atoms. The van der Waals surface area contributed by atoms with Gasteiger partial charge >= 0.3 is 0 Å². The van der Waals surface area contributed by atoms with E-state index in [1.54, 1.807) is 18.2 Å². The largest absolute Gasteiger partial charge is 0.493 e. The molecule has 2 aromatic carbocycles. The molecule has 0 aliphatic rings. The van der Waals surface area contributed by atoms with E-state index in [1.807, 2.05) is 0 Å². The molecule has 0 saturated heterocycles. The molecule has 1 unspecified atom stereocenters. The summed E-state index contributed by atoms with van der Waals surface area (Å²) in [6.45, 7) is 0. The molecule has 3 nitrogen and oxygen atoms in total. The molecular weight excluding hydrogens is 276 g/mol. The van der Waals surface area contributed by atoms with Crippen LogP contribution in [0.3, 0.4) is 0 Å². The molecule has 0 aliphatic carbocycles. The molecule has 0 radical (unpaired) electrons. The van der Waals surface area contributed by atoms with E-state index in [4.69, 9.17) is 15.2 Å². The van der Waals surface area contributed by atoms with Crippen LogP contribution >= 0.6 is 0 Å². The van der Waals surface area contributed by atoms with Crippen molar-refractivity contribution in [2.24, 2.45) is 5.73 Å². The average molecular weight is 293 g/mol. The van der Waals surface area contributed by atoms with Gasteiger partial charge in [0.15, 0.2) is 11.5 Å². The van der Waals surface area contributed by atoms with Crippen LogP contribution < -0.4 is 15.2 Å². The second-order valence-electron chi connectivity index (χ2n) is 4.59. The molecule has 2 aromatic rings. The summed E-state index contributed by atoms with van der Waals surface area (Å²) in [6, 6.07) is 8.40. The third-order valence-corrected chi connectivity index (χ3v) is 3.32. The molecule has 112 valence electrons. The number of hydrogen-bond donors (Lipinski definition) is 1. The predicted molar refractivity (Wildman–Crippen MR) is 76.5 cm³/mol. The van der Waals surface area contributed by atoms with E-state index in [1.165, 1.54) is 32.4 Å². The van der Waals surface area contributed by atoms with E-state index in [0.717, 1.165) is 0 Å². The lowest BCUT2D eigenvalue weighted by Crippen LogP contribution is -2.16. The number of nitrogens with two attached hydrogens (primary N) is 1. The molecular formula is C16H17F2NO2. The third kappa shape index (κ3) is 3.13. The van der Waals surface area contributed by atoms with E-state index in [-0.39, 0.29) is 12.0 Å². The Kier molecular flexibility index (Phi) is 4.75. The Morgan fingerprint density at radius 3 is 2.19 bits per heavy atom. The van der Waals surface area contributed by atoms with E-state index >= 15 is 0 Å². The van der Waals surface area contributed by atoms with Crippen LogP contribution in [0, 0.1) is 11.6 Å². The average Bonchev–Trinajstić information content (AvgIpc) is 2.49. The first-order valence-corrected chi connectivity index (χ1v) is 6.47. The van der Waals surface area contributed by atoms with Gasteiger partial charge in [0.25, 0.3) is 0 Å². The van der Waals surface area contributed by atoms with Gasteiger partial charge in [-0.3, -0.25) is 0 Å². The number of halogens is 2. The molecule has 2 N–H and O–H groups in total. The van der Waals surface area contributed by atoms with Crippen molar-refractivity contribution in [3.05, 3.63) is 59.2 Å². The SMILES string of the molecule is COc1cccc(C(N)Cc2c(F)cccc2F)c1OC. The fourth-order valence-corrected chi connectivity index (χ4v) is 2.26. The predicted octanol–water partition coefficient (Wildman–Crippen LogP) is 3.22. The van der Waals surface area contributed by atoms with Crippen molar-refractivity contribution in [3.8, 4) is 11.5 Å². The van der Waals surface area contributed by atoms with Gasteiger partial charge in [0.2, 0.25) is 0 Å². The second-order valence-corrected chi connectivity index (χ2v) is 4.59. The Labute approximate surface area is 122 Å². The maximum atomic E-state index is 13.7. The van der Waals surface area contributed by atoms with Gasteiger partial charge in [-0.1, -0.05) is 18.2 Å². The summed E-state index contributed by atoms with van der Waals surface area (Å²) in [5.41, 5.74) is 6.70. The number of benzene rings is 2. The van der Waals surface area contributed by atoms with Gasteiger partial charge in [-0.15, -0.1) is 0 Å². The molecule has 2 rings (SSSR count). The quantitative estimate of drug-likeness (QED) is 0.920. The van der Waals surface area contributed by atoms with Crippen molar-refractivity contribution in [2.75, 3.05) is 14.2 Å². The summed E-state index contributed by atoms with van der Waals surface area (Å²) in [4.78, 5) is 0. The third-order valence-electron chi connectivity index (χ3n) is 3.32. The van der Waals surface area contributed by atoms with Crippen LogP contribution in [0.2, 0.25) is 0 Å². The first-order valence-electron chi connectivity index (χ1n) is 6.47. The Bertz CT molecular complexity index is 611. The van der Waals surface area contributed by atoms with E-state index < -0.39 is 17.7 Å². The molecule has 21 heavy (non-hydrogen) atoms. The van der Waals surface area contributed by atoms with Gasteiger partial charge in [0, 0.05) is 17.2 Å². The van der Waals surface area contributed by atoms with Gasteiger partial charge in [-0.2, -0.15) is 0 Å². The van der Waals surface area contributed by atoms with Crippen LogP contribution in [-0.4, -0.2) is 14.2 Å². The summed E-state index contributed by atoms with van der Waals surface area (Å²) >= 11 is 0. The van der Waals surface area contributed by atoms with Crippen molar-refractivity contribution in [1.82, 2.24) is 0 Å². The van der Waals surface area contributed by atoms with Crippen LogP contribution in [0.1, 0.15) is 17.2 Å². The molecule has 0 aromatic heterocycles. The topological polar surface area (TPSA) is 44.5 Å². The minimum Gasteiger partial charge on any atom is -0.493 e. The Morgan fingerprint density at radius 1 is 1.00 bits per heavy atom. The zero-order valence-electron chi connectivity index (χ0n) is 11.9. The van der Waals surface area contributed by atoms with E-state index in [2.05, 4.69) is 0 Å². The van der Waals surface area contributed by atoms with Crippen LogP contribution in [-0.2, 0) is 6.42 Å². The second kappa shape index (κ2) is 6.54. The molecule has 0 aliphatic heterocycles. The van der Waals surface area contributed by atoms with Crippen molar-refractivity contribution < 1.29 is 18.3 Å². The van der Waals surface area contributed by atoms with Gasteiger partial charge in [0.05, 0.1) is 14.2 Å². The first kappa shape index (κ1) is 15.3. The first-order chi connectivity index (χ1) is 10.1. The molecule has 0 saturated carbocycles. The highest BCUT2D eigenvalue weighted by Crippen LogP contribution is 2.35. The van der Waals surface area contributed by atoms with Gasteiger partial charge in [-0.25, -0.2) is 8.78 Å². The Morgan fingerprint density at radius 2 is 1.62 bits per heavy atom. The van der Waals surface area contributed by atoms with Crippen molar-refractivity contribution >= 4 is 0 Å². The molecule has 0 heterocycles. The van der Waals surface area contributed by atoms with Gasteiger partial charge in [-0.05, 0) is 24.6 Å². The van der Waals surface area contributed by atoms with Crippen molar-refractivity contribution in [1.29, 1.82) is 0 Å². The monoisotopic (exact) mass is 293 g/mol. The van der Waals surface area contributed by atoms with Crippen molar-refractivity contribution in [2.45, 2.75) is 12.5 Å². The molecule has 0 bridgehead atoms. The number of hydrogen-bond acceptors (Lipinski definition) is 3. The molecule has 0 fully saturated rings. The fraction of sp³-hybridized carbons (Fsp3) is 0.250. The number of rotatable bonds is 5. The minimum atomic E-state index is -0.610. The summed E-state index contributed by atoms with van der Waals surface area (Å²) < 4.78 is 37.9. The highest BCUT2D eigenvalue weighted by Gasteiger charge is 2.19. The zero-order chi connectivity index (χ0) is 15.4. The lowest BCUT2D eigenvalue weighted by Gasteiger charge is -2.18. The summed E-state index contributed by atoms with van der Waals surface area (Å²) in [5, 5.41) is 0. The standard InChI is InChI=1S/C16H17F2NO2/c1-20-15-8-3-5-10(16(15)21-2)14(19)9-11-12(17)6-4-7-13(11)18/h3-8,14H,9,19H2,1-2H3. The van der Waals surface area contributed by atoms with Gasteiger partial charge in [0.1, 0.15) is 11.6 Å². The van der Waals surface area contributed by atoms with Crippen LogP contribution in [0.4, 0.5) is 8.78 Å². The summed E-state index contributed by atoms with van der Waals surface area (Å²) in [5.74, 6) is -0.205.